The fourth-order valence-electron chi connectivity index (χ4n) is 2.24. The lowest BCUT2D eigenvalue weighted by molar-refractivity contribution is -0.384. The average Bonchev–Trinajstić information content (AvgIpc) is 2.94. The van der Waals surface area contributed by atoms with Gasteiger partial charge in [-0.2, -0.15) is 10.2 Å². The number of rotatable bonds is 5. The lowest BCUT2D eigenvalue weighted by Crippen LogP contribution is -2.04. The Kier molecular flexibility index (Phi) is 4.46. The quantitative estimate of drug-likeness (QED) is 0.435. The molecule has 3 rings (SSSR count). The van der Waals surface area contributed by atoms with Crippen molar-refractivity contribution >= 4 is 17.7 Å². The van der Waals surface area contributed by atoms with Crippen LogP contribution in [0.5, 0.6) is 0 Å². The third-order valence-corrected chi connectivity index (χ3v) is 3.38. The maximum atomic E-state index is 10.6. The Hall–Kier alpha value is -3.62. The molecule has 3 aromatic rings. The molecule has 0 saturated heterocycles. The molecule has 0 aliphatic heterocycles. The van der Waals surface area contributed by atoms with Crippen molar-refractivity contribution in [1.29, 1.82) is 0 Å². The third kappa shape index (κ3) is 3.83. The van der Waals surface area contributed by atoms with Crippen molar-refractivity contribution in [3.63, 3.8) is 0 Å². The normalized spacial score (nSPS) is 11.0. The summed E-state index contributed by atoms with van der Waals surface area (Å²) in [5.41, 5.74) is 5.45. The zero-order valence-corrected chi connectivity index (χ0v) is 13.6. The van der Waals surface area contributed by atoms with E-state index in [0.29, 0.717) is 11.6 Å². The Morgan fingerprint density at radius 3 is 2.60 bits per heavy atom. The number of anilines is 1. The van der Waals surface area contributed by atoms with E-state index in [2.05, 4.69) is 25.6 Å². The SMILES string of the molecule is Cc1cc(C)n(-c2cc(N/N=C\c3ccc([N+](=O)[O-])cc3)ncn2)n1. The number of nitrogens with zero attached hydrogens (tertiary/aromatic N) is 6. The summed E-state index contributed by atoms with van der Waals surface area (Å²) in [4.78, 5) is 18.5. The summed E-state index contributed by atoms with van der Waals surface area (Å²) in [5, 5.41) is 19.1. The van der Waals surface area contributed by atoms with Gasteiger partial charge >= 0.3 is 0 Å². The van der Waals surface area contributed by atoms with Crippen LogP contribution in [0.25, 0.3) is 5.82 Å². The summed E-state index contributed by atoms with van der Waals surface area (Å²) >= 11 is 0. The van der Waals surface area contributed by atoms with Gasteiger partial charge in [0.2, 0.25) is 0 Å². The molecule has 0 amide bonds. The first-order chi connectivity index (χ1) is 12.0. The van der Waals surface area contributed by atoms with Crippen LogP contribution in [0.15, 0.2) is 47.8 Å². The topological polar surface area (TPSA) is 111 Å². The van der Waals surface area contributed by atoms with E-state index in [1.165, 1.54) is 18.5 Å². The van der Waals surface area contributed by atoms with Gasteiger partial charge in [-0.3, -0.25) is 15.5 Å². The molecule has 0 fully saturated rings. The monoisotopic (exact) mass is 337 g/mol. The minimum Gasteiger partial charge on any atom is -0.261 e. The second-order valence-corrected chi connectivity index (χ2v) is 5.32. The Bertz CT molecular complexity index is 932. The van der Waals surface area contributed by atoms with E-state index in [1.807, 2.05) is 19.9 Å². The van der Waals surface area contributed by atoms with Crippen molar-refractivity contribution in [2.45, 2.75) is 13.8 Å². The first-order valence-electron chi connectivity index (χ1n) is 7.42. The third-order valence-electron chi connectivity index (χ3n) is 3.38. The molecular weight excluding hydrogens is 322 g/mol. The van der Waals surface area contributed by atoms with Gasteiger partial charge in [0.1, 0.15) is 6.33 Å². The first-order valence-corrected chi connectivity index (χ1v) is 7.42. The van der Waals surface area contributed by atoms with Gasteiger partial charge in [-0.1, -0.05) is 0 Å². The van der Waals surface area contributed by atoms with Gasteiger partial charge in [0.15, 0.2) is 11.6 Å². The van der Waals surface area contributed by atoms with Crippen molar-refractivity contribution in [3.8, 4) is 5.82 Å². The number of hydrogen-bond acceptors (Lipinski definition) is 7. The van der Waals surface area contributed by atoms with E-state index in [-0.39, 0.29) is 5.69 Å². The zero-order chi connectivity index (χ0) is 17.8. The van der Waals surface area contributed by atoms with E-state index in [4.69, 9.17) is 0 Å². The minimum absolute atomic E-state index is 0.0374. The van der Waals surface area contributed by atoms with Crippen LogP contribution in [0.2, 0.25) is 0 Å². The number of nitro benzene ring substituents is 1. The van der Waals surface area contributed by atoms with E-state index in [0.717, 1.165) is 17.0 Å². The summed E-state index contributed by atoms with van der Waals surface area (Å²) in [7, 11) is 0. The maximum absolute atomic E-state index is 10.6. The van der Waals surface area contributed by atoms with Crippen LogP contribution in [0.3, 0.4) is 0 Å². The molecule has 1 N–H and O–H groups in total. The second kappa shape index (κ2) is 6.87. The van der Waals surface area contributed by atoms with Crippen molar-refractivity contribution in [3.05, 3.63) is 69.8 Å². The molecule has 0 bridgehead atoms. The molecule has 0 unspecified atom stereocenters. The van der Waals surface area contributed by atoms with Crippen molar-refractivity contribution < 1.29 is 4.92 Å². The molecule has 9 heteroatoms. The number of aryl methyl sites for hydroxylation is 2. The van der Waals surface area contributed by atoms with Gasteiger partial charge in [-0.05, 0) is 37.6 Å². The molecule has 25 heavy (non-hydrogen) atoms. The lowest BCUT2D eigenvalue weighted by Gasteiger charge is -2.04. The molecule has 0 radical (unpaired) electrons. The number of benzene rings is 1. The minimum atomic E-state index is -0.444. The summed E-state index contributed by atoms with van der Waals surface area (Å²) in [6, 6.07) is 9.77. The van der Waals surface area contributed by atoms with Crippen LogP contribution in [0.4, 0.5) is 11.5 Å². The van der Waals surface area contributed by atoms with Crippen LogP contribution in [0, 0.1) is 24.0 Å². The van der Waals surface area contributed by atoms with Crippen LogP contribution in [0.1, 0.15) is 17.0 Å². The van der Waals surface area contributed by atoms with Crippen molar-refractivity contribution in [1.82, 2.24) is 19.7 Å². The molecule has 0 spiro atoms. The molecule has 0 aliphatic carbocycles. The number of hydrazone groups is 1. The van der Waals surface area contributed by atoms with Gasteiger partial charge in [0.05, 0.1) is 16.8 Å². The predicted octanol–water partition coefficient (Wildman–Crippen LogP) is 2.63. The predicted molar refractivity (Wildman–Crippen MR) is 92.9 cm³/mol. The van der Waals surface area contributed by atoms with Crippen LogP contribution in [-0.4, -0.2) is 30.9 Å². The molecule has 0 atom stereocenters. The number of aromatic nitrogens is 4. The van der Waals surface area contributed by atoms with E-state index in [1.54, 1.807) is 29.1 Å². The zero-order valence-electron chi connectivity index (χ0n) is 13.6. The van der Waals surface area contributed by atoms with Crippen molar-refractivity contribution in [2.75, 3.05) is 5.43 Å². The molecule has 126 valence electrons. The fraction of sp³-hybridized carbons (Fsp3) is 0.125. The fourth-order valence-corrected chi connectivity index (χ4v) is 2.24. The van der Waals surface area contributed by atoms with E-state index < -0.39 is 4.92 Å². The van der Waals surface area contributed by atoms with Gasteiger partial charge in [0, 0.05) is 23.9 Å². The Morgan fingerprint density at radius 1 is 1.20 bits per heavy atom. The van der Waals surface area contributed by atoms with Crippen molar-refractivity contribution in [2.24, 2.45) is 5.10 Å². The highest BCUT2D eigenvalue weighted by molar-refractivity contribution is 5.80. The molecule has 2 aromatic heterocycles. The van der Waals surface area contributed by atoms with Gasteiger partial charge in [-0.15, -0.1) is 0 Å². The maximum Gasteiger partial charge on any atom is 0.269 e. The summed E-state index contributed by atoms with van der Waals surface area (Å²) in [6.07, 6.45) is 2.98. The van der Waals surface area contributed by atoms with E-state index >= 15 is 0 Å². The Labute approximate surface area is 143 Å². The lowest BCUT2D eigenvalue weighted by atomic mass is 10.2. The van der Waals surface area contributed by atoms with Gasteiger partial charge < -0.3 is 0 Å². The number of nitrogens with one attached hydrogen (secondary N) is 1. The molecule has 0 saturated carbocycles. The van der Waals surface area contributed by atoms with Gasteiger partial charge in [0.25, 0.3) is 5.69 Å². The average molecular weight is 337 g/mol. The molecule has 0 aliphatic rings. The highest BCUT2D eigenvalue weighted by Crippen LogP contribution is 2.13. The van der Waals surface area contributed by atoms with Crippen LogP contribution in [-0.2, 0) is 0 Å². The Balaban J connectivity index is 1.72. The number of non-ortho nitro benzene ring substituents is 1. The standard InChI is InChI=1S/C16H15N7O2/c1-11-7-12(2)22(21-11)16-8-15(17-10-18-16)20-19-9-13-3-5-14(6-4-13)23(24)25/h3-10H,1-2H3,(H,17,18,20)/b19-9-. The van der Waals surface area contributed by atoms with Crippen LogP contribution >= 0.6 is 0 Å². The second-order valence-electron chi connectivity index (χ2n) is 5.32. The first kappa shape index (κ1) is 16.2. The van der Waals surface area contributed by atoms with Gasteiger partial charge in [-0.25, -0.2) is 14.6 Å². The van der Waals surface area contributed by atoms with E-state index in [9.17, 15) is 10.1 Å². The molecule has 9 nitrogen and oxygen atoms in total. The Morgan fingerprint density at radius 2 is 1.96 bits per heavy atom. The highest BCUT2D eigenvalue weighted by atomic mass is 16.6. The number of nitro groups is 1. The molecule has 1 aromatic carbocycles. The smallest absolute Gasteiger partial charge is 0.261 e. The summed E-state index contributed by atoms with van der Waals surface area (Å²) < 4.78 is 1.72. The largest absolute Gasteiger partial charge is 0.269 e. The highest BCUT2D eigenvalue weighted by Gasteiger charge is 2.06. The van der Waals surface area contributed by atoms with Crippen LogP contribution < -0.4 is 5.43 Å². The molecule has 2 heterocycles. The summed E-state index contributed by atoms with van der Waals surface area (Å²) in [5.74, 6) is 1.14. The summed E-state index contributed by atoms with van der Waals surface area (Å²) in [6.45, 7) is 3.86. The number of hydrogen-bond donors (Lipinski definition) is 1. The molecular formula is C16H15N7O2.